The zero-order chi connectivity index (χ0) is 21.5. The smallest absolute Gasteiger partial charge is 0.140 e. The first-order chi connectivity index (χ1) is 15.3. The van der Waals surface area contributed by atoms with Gasteiger partial charge in [-0.2, -0.15) is 0 Å². The molecule has 166 valence electrons. The Kier molecular flexibility index (Phi) is 7.54. The molecule has 0 saturated carbocycles. The zero-order valence-corrected chi connectivity index (χ0v) is 19.1. The first kappa shape index (κ1) is 21.8. The number of hydrogen-bond acceptors (Lipinski definition) is 5. The predicted molar refractivity (Wildman–Crippen MR) is 130 cm³/mol. The number of nitrogens with one attached hydrogen (secondary N) is 1. The number of benzene rings is 1. The van der Waals surface area contributed by atoms with Gasteiger partial charge in [0, 0.05) is 43.6 Å². The molecule has 3 aromatic rings. The summed E-state index contributed by atoms with van der Waals surface area (Å²) >= 11 is 0. The fourth-order valence-corrected chi connectivity index (χ4v) is 4.53. The van der Waals surface area contributed by atoms with Gasteiger partial charge in [-0.25, -0.2) is 4.98 Å². The lowest BCUT2D eigenvalue weighted by Gasteiger charge is -2.33. The van der Waals surface area contributed by atoms with Crippen LogP contribution in [0.2, 0.25) is 0 Å². The predicted octanol–water partition coefficient (Wildman–Crippen LogP) is 4.26. The van der Waals surface area contributed by atoms with E-state index < -0.39 is 0 Å². The first-order valence-electron chi connectivity index (χ1n) is 11.9. The summed E-state index contributed by atoms with van der Waals surface area (Å²) in [4.78, 5) is 20.3. The number of aromatic nitrogens is 3. The Bertz CT molecular complexity index is 909. The van der Waals surface area contributed by atoms with E-state index >= 15 is 0 Å². The Morgan fingerprint density at radius 1 is 0.968 bits per heavy atom. The summed E-state index contributed by atoms with van der Waals surface area (Å²) in [6.45, 7) is 13.4. The standard InChI is InChI=1S/C25H36N6/c1-3-29(4-2)16-18-31(19-17-30-14-8-5-9-15-30)24-11-7-6-10-21(24)25-27-22-12-13-26-20-23(22)28-25/h6-7,10-13,20H,3-5,8-9,14-19H2,1-2H3,(H,27,28). The number of likely N-dealkylation sites (tertiary alicyclic amines) is 1. The van der Waals surface area contributed by atoms with Gasteiger partial charge in [0.15, 0.2) is 0 Å². The second-order valence-electron chi connectivity index (χ2n) is 8.41. The SMILES string of the molecule is CCN(CC)CCN(CCN1CCCCC1)c1ccccc1-c1nc2ccncc2[nH]1. The van der Waals surface area contributed by atoms with Gasteiger partial charge in [0.1, 0.15) is 5.82 Å². The van der Waals surface area contributed by atoms with Gasteiger partial charge in [0.05, 0.1) is 17.2 Å². The summed E-state index contributed by atoms with van der Waals surface area (Å²) in [5.74, 6) is 0.921. The van der Waals surface area contributed by atoms with E-state index in [9.17, 15) is 0 Å². The largest absolute Gasteiger partial charge is 0.368 e. The Morgan fingerprint density at radius 2 is 1.77 bits per heavy atom. The van der Waals surface area contributed by atoms with Gasteiger partial charge in [-0.1, -0.05) is 32.4 Å². The van der Waals surface area contributed by atoms with Gasteiger partial charge in [0.25, 0.3) is 0 Å². The van der Waals surface area contributed by atoms with Gasteiger partial charge in [-0.05, 0) is 57.2 Å². The minimum Gasteiger partial charge on any atom is -0.368 e. The number of rotatable bonds is 10. The molecule has 1 aliphatic heterocycles. The molecule has 31 heavy (non-hydrogen) atoms. The van der Waals surface area contributed by atoms with Crippen molar-refractivity contribution < 1.29 is 0 Å². The van der Waals surface area contributed by atoms with E-state index in [1.807, 2.05) is 12.3 Å². The zero-order valence-electron chi connectivity index (χ0n) is 19.1. The highest BCUT2D eigenvalue weighted by molar-refractivity contribution is 5.82. The quantitative estimate of drug-likeness (QED) is 0.531. The highest BCUT2D eigenvalue weighted by Crippen LogP contribution is 2.30. The molecular formula is C25H36N6. The van der Waals surface area contributed by atoms with Crippen LogP contribution in [0.15, 0.2) is 42.7 Å². The highest BCUT2D eigenvalue weighted by atomic mass is 15.2. The number of pyridine rings is 1. The molecule has 6 nitrogen and oxygen atoms in total. The molecule has 0 atom stereocenters. The number of anilines is 1. The number of imidazole rings is 1. The number of hydrogen-bond donors (Lipinski definition) is 1. The van der Waals surface area contributed by atoms with Crippen molar-refractivity contribution >= 4 is 16.7 Å². The fourth-order valence-electron chi connectivity index (χ4n) is 4.53. The van der Waals surface area contributed by atoms with Crippen LogP contribution in [0.1, 0.15) is 33.1 Å². The van der Waals surface area contributed by atoms with Gasteiger partial charge in [0.2, 0.25) is 0 Å². The Hall–Kier alpha value is -2.44. The second kappa shape index (κ2) is 10.7. The van der Waals surface area contributed by atoms with Crippen molar-refractivity contribution in [1.29, 1.82) is 0 Å². The summed E-state index contributed by atoms with van der Waals surface area (Å²) in [5, 5.41) is 0. The third kappa shape index (κ3) is 5.43. The average molecular weight is 421 g/mol. The minimum atomic E-state index is 0.921. The number of aromatic amines is 1. The number of H-pyrrole nitrogens is 1. The molecule has 1 aliphatic rings. The van der Waals surface area contributed by atoms with Gasteiger partial charge >= 0.3 is 0 Å². The average Bonchev–Trinajstić information content (AvgIpc) is 3.26. The van der Waals surface area contributed by atoms with Crippen molar-refractivity contribution in [3.8, 4) is 11.4 Å². The molecule has 0 unspecified atom stereocenters. The maximum Gasteiger partial charge on any atom is 0.140 e. The normalized spacial score (nSPS) is 15.1. The number of piperidine rings is 1. The van der Waals surface area contributed by atoms with Crippen LogP contribution in [0.5, 0.6) is 0 Å². The summed E-state index contributed by atoms with van der Waals surface area (Å²) in [6, 6.07) is 10.7. The molecule has 0 amide bonds. The summed E-state index contributed by atoms with van der Waals surface area (Å²) < 4.78 is 0. The highest BCUT2D eigenvalue weighted by Gasteiger charge is 2.18. The van der Waals surface area contributed by atoms with E-state index in [0.717, 1.165) is 61.7 Å². The van der Waals surface area contributed by atoms with E-state index in [-0.39, 0.29) is 0 Å². The lowest BCUT2D eigenvalue weighted by molar-refractivity contribution is 0.231. The maximum atomic E-state index is 4.86. The van der Waals surface area contributed by atoms with Crippen molar-refractivity contribution in [3.63, 3.8) is 0 Å². The van der Waals surface area contributed by atoms with E-state index in [2.05, 4.69) is 62.8 Å². The van der Waals surface area contributed by atoms with E-state index in [1.54, 1.807) is 6.20 Å². The molecular weight excluding hydrogens is 384 g/mol. The fraction of sp³-hybridized carbons (Fsp3) is 0.520. The minimum absolute atomic E-state index is 0.921. The Morgan fingerprint density at radius 3 is 2.55 bits per heavy atom. The molecule has 0 radical (unpaired) electrons. The Balaban J connectivity index is 1.59. The molecule has 0 spiro atoms. The van der Waals surface area contributed by atoms with Crippen molar-refractivity contribution in [2.75, 3.05) is 57.3 Å². The topological polar surface area (TPSA) is 51.3 Å². The van der Waals surface area contributed by atoms with Gasteiger partial charge < -0.3 is 19.7 Å². The third-order valence-electron chi connectivity index (χ3n) is 6.50. The van der Waals surface area contributed by atoms with Crippen molar-refractivity contribution in [1.82, 2.24) is 24.8 Å². The monoisotopic (exact) mass is 420 g/mol. The van der Waals surface area contributed by atoms with Crippen LogP contribution in [0, 0.1) is 0 Å². The van der Waals surface area contributed by atoms with E-state index in [1.165, 1.54) is 38.0 Å². The number of fused-ring (bicyclic) bond motifs is 1. The number of likely N-dealkylation sites (N-methyl/N-ethyl adjacent to an activating group) is 1. The van der Waals surface area contributed by atoms with E-state index in [4.69, 9.17) is 4.98 Å². The van der Waals surface area contributed by atoms with Crippen LogP contribution in [0.3, 0.4) is 0 Å². The third-order valence-corrected chi connectivity index (χ3v) is 6.50. The molecule has 2 aromatic heterocycles. The number of para-hydroxylation sites is 1. The molecule has 1 N–H and O–H groups in total. The second-order valence-corrected chi connectivity index (χ2v) is 8.41. The summed E-state index contributed by atoms with van der Waals surface area (Å²) in [7, 11) is 0. The lowest BCUT2D eigenvalue weighted by atomic mass is 10.1. The Labute approximate surface area is 186 Å². The molecule has 1 aromatic carbocycles. The lowest BCUT2D eigenvalue weighted by Crippen LogP contribution is -2.41. The van der Waals surface area contributed by atoms with Crippen molar-refractivity contribution in [2.45, 2.75) is 33.1 Å². The summed E-state index contributed by atoms with van der Waals surface area (Å²) in [5.41, 5.74) is 4.37. The molecule has 1 saturated heterocycles. The summed E-state index contributed by atoms with van der Waals surface area (Å²) in [6.07, 6.45) is 7.70. The van der Waals surface area contributed by atoms with Gasteiger partial charge in [-0.3, -0.25) is 4.98 Å². The van der Waals surface area contributed by atoms with Crippen molar-refractivity contribution in [2.24, 2.45) is 0 Å². The maximum absolute atomic E-state index is 4.86. The van der Waals surface area contributed by atoms with E-state index in [0.29, 0.717) is 0 Å². The van der Waals surface area contributed by atoms with Crippen LogP contribution in [-0.4, -0.2) is 77.1 Å². The molecule has 4 rings (SSSR count). The molecule has 1 fully saturated rings. The van der Waals surface area contributed by atoms with Crippen molar-refractivity contribution in [3.05, 3.63) is 42.7 Å². The molecule has 0 bridgehead atoms. The van der Waals surface area contributed by atoms with Crippen LogP contribution in [-0.2, 0) is 0 Å². The first-order valence-corrected chi connectivity index (χ1v) is 11.9. The van der Waals surface area contributed by atoms with Gasteiger partial charge in [-0.15, -0.1) is 0 Å². The molecule has 0 aliphatic carbocycles. The van der Waals surface area contributed by atoms with Crippen LogP contribution < -0.4 is 4.90 Å². The number of nitrogens with zero attached hydrogens (tertiary/aromatic N) is 5. The van der Waals surface area contributed by atoms with Crippen LogP contribution in [0.25, 0.3) is 22.4 Å². The van der Waals surface area contributed by atoms with Crippen LogP contribution in [0.4, 0.5) is 5.69 Å². The molecule has 3 heterocycles. The molecule has 6 heteroatoms. The van der Waals surface area contributed by atoms with Crippen LogP contribution >= 0.6 is 0 Å².